The highest BCUT2D eigenvalue weighted by Crippen LogP contribution is 2.11. The van der Waals surface area contributed by atoms with Crippen molar-refractivity contribution in [1.82, 2.24) is 9.88 Å². The molecule has 0 fully saturated rings. The maximum absolute atomic E-state index is 12.0. The number of hydrogen-bond donors (Lipinski definition) is 2. The average molecular weight is 209 g/mol. The number of carbonyl (C=O) groups excluding carboxylic acids is 1. The number of aromatic nitrogens is 1. The van der Waals surface area contributed by atoms with Gasteiger partial charge in [0, 0.05) is 24.5 Å². The summed E-state index contributed by atoms with van der Waals surface area (Å²) in [4.78, 5) is 16.8. The lowest BCUT2D eigenvalue weighted by Crippen LogP contribution is -2.38. The lowest BCUT2D eigenvalue weighted by Gasteiger charge is -2.26. The van der Waals surface area contributed by atoms with E-state index >= 15 is 0 Å². The maximum atomic E-state index is 12.0. The van der Waals surface area contributed by atoms with Crippen LogP contribution in [0.25, 0.3) is 0 Å². The van der Waals surface area contributed by atoms with E-state index in [2.05, 4.69) is 11.9 Å². The van der Waals surface area contributed by atoms with Crippen LogP contribution in [-0.4, -0.2) is 28.4 Å². The zero-order chi connectivity index (χ0) is 11.4. The number of amides is 1. The van der Waals surface area contributed by atoms with E-state index < -0.39 is 0 Å². The Hall–Kier alpha value is -1.45. The second kappa shape index (κ2) is 4.87. The van der Waals surface area contributed by atoms with Crippen LogP contribution in [0.4, 0.5) is 5.69 Å². The fraction of sp³-hybridized carbons (Fsp3) is 0.545. The summed E-state index contributed by atoms with van der Waals surface area (Å²) in [7, 11) is 0. The Morgan fingerprint density at radius 1 is 1.60 bits per heavy atom. The van der Waals surface area contributed by atoms with Gasteiger partial charge in [-0.15, -0.1) is 0 Å². The normalized spacial score (nSPS) is 12.5. The van der Waals surface area contributed by atoms with E-state index in [0.29, 0.717) is 17.9 Å². The van der Waals surface area contributed by atoms with Gasteiger partial charge in [0.15, 0.2) is 0 Å². The summed E-state index contributed by atoms with van der Waals surface area (Å²) in [5, 5.41) is 0. The van der Waals surface area contributed by atoms with Gasteiger partial charge in [0.25, 0.3) is 5.91 Å². The number of aromatic amines is 1. The molecule has 0 saturated carbocycles. The number of nitrogen functional groups attached to an aromatic ring is 1. The Morgan fingerprint density at radius 2 is 2.27 bits per heavy atom. The third kappa shape index (κ3) is 2.52. The molecule has 0 aliphatic heterocycles. The number of nitrogens with zero attached hydrogens (tertiary/aromatic N) is 1. The van der Waals surface area contributed by atoms with Crippen molar-refractivity contribution in [3.05, 3.63) is 18.0 Å². The van der Waals surface area contributed by atoms with Crippen LogP contribution in [0.2, 0.25) is 0 Å². The minimum atomic E-state index is 0.0172. The predicted molar refractivity (Wildman–Crippen MR) is 61.7 cm³/mol. The first-order chi connectivity index (χ1) is 7.10. The first-order valence-corrected chi connectivity index (χ1v) is 5.35. The van der Waals surface area contributed by atoms with E-state index in [9.17, 15) is 4.79 Å². The Balaban J connectivity index is 2.82. The van der Waals surface area contributed by atoms with Crippen LogP contribution in [0.3, 0.4) is 0 Å². The lowest BCUT2D eigenvalue weighted by atomic mass is 10.2. The summed E-state index contributed by atoms with van der Waals surface area (Å²) in [6.07, 6.45) is 2.59. The lowest BCUT2D eigenvalue weighted by molar-refractivity contribution is 0.0694. The van der Waals surface area contributed by atoms with E-state index in [0.717, 1.165) is 6.42 Å². The third-order valence-corrected chi connectivity index (χ3v) is 2.66. The molecule has 0 aromatic carbocycles. The number of carbonyl (C=O) groups is 1. The first-order valence-electron chi connectivity index (χ1n) is 5.35. The molecule has 1 heterocycles. The molecule has 1 unspecified atom stereocenters. The summed E-state index contributed by atoms with van der Waals surface area (Å²) in [6, 6.07) is 1.93. The standard InChI is InChI=1S/C11H19N3O/c1-4-8(3)14(5-2)11(15)10-6-9(12)7-13-10/h6-8,13H,4-5,12H2,1-3H3. The minimum Gasteiger partial charge on any atom is -0.397 e. The molecule has 1 atom stereocenters. The number of rotatable bonds is 4. The fourth-order valence-corrected chi connectivity index (χ4v) is 1.57. The number of nitrogens with one attached hydrogen (secondary N) is 1. The molecule has 1 amide bonds. The topological polar surface area (TPSA) is 62.1 Å². The van der Waals surface area contributed by atoms with Crippen molar-refractivity contribution >= 4 is 11.6 Å². The molecule has 1 aromatic rings. The molecular weight excluding hydrogens is 190 g/mol. The van der Waals surface area contributed by atoms with Gasteiger partial charge in [0.05, 0.1) is 0 Å². The zero-order valence-electron chi connectivity index (χ0n) is 9.58. The molecule has 0 spiro atoms. The molecule has 84 valence electrons. The average Bonchev–Trinajstić information content (AvgIpc) is 2.65. The van der Waals surface area contributed by atoms with Gasteiger partial charge in [-0.1, -0.05) is 6.92 Å². The SMILES string of the molecule is CCC(C)N(CC)C(=O)c1cc(N)c[nH]1. The largest absolute Gasteiger partial charge is 0.397 e. The van der Waals surface area contributed by atoms with Crippen LogP contribution in [0.15, 0.2) is 12.3 Å². The molecule has 0 saturated heterocycles. The van der Waals surface area contributed by atoms with E-state index in [4.69, 9.17) is 5.73 Å². The molecule has 0 aliphatic rings. The van der Waals surface area contributed by atoms with Crippen molar-refractivity contribution in [3.8, 4) is 0 Å². The van der Waals surface area contributed by atoms with Gasteiger partial charge >= 0.3 is 0 Å². The smallest absolute Gasteiger partial charge is 0.270 e. The van der Waals surface area contributed by atoms with Gasteiger partial charge in [-0.25, -0.2) is 0 Å². The van der Waals surface area contributed by atoms with Crippen LogP contribution in [-0.2, 0) is 0 Å². The van der Waals surface area contributed by atoms with Gasteiger partial charge in [0.2, 0.25) is 0 Å². The summed E-state index contributed by atoms with van der Waals surface area (Å²) in [5.41, 5.74) is 6.72. The van der Waals surface area contributed by atoms with Gasteiger partial charge in [0.1, 0.15) is 5.69 Å². The van der Waals surface area contributed by atoms with E-state index in [-0.39, 0.29) is 11.9 Å². The number of hydrogen-bond acceptors (Lipinski definition) is 2. The summed E-state index contributed by atoms with van der Waals surface area (Å²) in [5.74, 6) is 0.0172. The van der Waals surface area contributed by atoms with Crippen molar-refractivity contribution in [2.24, 2.45) is 0 Å². The Bertz CT molecular complexity index is 332. The minimum absolute atomic E-state index is 0.0172. The van der Waals surface area contributed by atoms with Crippen molar-refractivity contribution in [2.75, 3.05) is 12.3 Å². The van der Waals surface area contributed by atoms with Crippen LogP contribution in [0.5, 0.6) is 0 Å². The predicted octanol–water partition coefficient (Wildman–Crippen LogP) is 1.86. The molecule has 3 N–H and O–H groups in total. The third-order valence-electron chi connectivity index (χ3n) is 2.66. The Kier molecular flexibility index (Phi) is 3.77. The van der Waals surface area contributed by atoms with Gasteiger partial charge in [-0.3, -0.25) is 4.79 Å². The summed E-state index contributed by atoms with van der Waals surface area (Å²) >= 11 is 0. The highest BCUT2D eigenvalue weighted by atomic mass is 16.2. The molecule has 15 heavy (non-hydrogen) atoms. The molecule has 0 aliphatic carbocycles. The molecule has 1 rings (SSSR count). The fourth-order valence-electron chi connectivity index (χ4n) is 1.57. The molecular formula is C11H19N3O. The van der Waals surface area contributed by atoms with Crippen LogP contribution in [0, 0.1) is 0 Å². The maximum Gasteiger partial charge on any atom is 0.270 e. The quantitative estimate of drug-likeness (QED) is 0.795. The molecule has 4 nitrogen and oxygen atoms in total. The molecule has 0 bridgehead atoms. The summed E-state index contributed by atoms with van der Waals surface area (Å²) in [6.45, 7) is 6.82. The number of anilines is 1. The van der Waals surface area contributed by atoms with Crippen molar-refractivity contribution < 1.29 is 4.79 Å². The van der Waals surface area contributed by atoms with Crippen LogP contribution in [0.1, 0.15) is 37.7 Å². The number of H-pyrrole nitrogens is 1. The van der Waals surface area contributed by atoms with Gasteiger partial charge in [-0.05, 0) is 26.3 Å². The zero-order valence-corrected chi connectivity index (χ0v) is 9.58. The van der Waals surface area contributed by atoms with Crippen molar-refractivity contribution in [1.29, 1.82) is 0 Å². The summed E-state index contributed by atoms with van der Waals surface area (Å²) < 4.78 is 0. The van der Waals surface area contributed by atoms with Crippen LogP contribution < -0.4 is 5.73 Å². The van der Waals surface area contributed by atoms with E-state index in [1.807, 2.05) is 18.7 Å². The van der Waals surface area contributed by atoms with Crippen LogP contribution >= 0.6 is 0 Å². The van der Waals surface area contributed by atoms with Gasteiger partial charge in [-0.2, -0.15) is 0 Å². The van der Waals surface area contributed by atoms with E-state index in [1.165, 1.54) is 0 Å². The second-order valence-corrected chi connectivity index (χ2v) is 3.70. The Labute approximate surface area is 90.5 Å². The van der Waals surface area contributed by atoms with Crippen molar-refractivity contribution in [3.63, 3.8) is 0 Å². The highest BCUT2D eigenvalue weighted by molar-refractivity contribution is 5.93. The molecule has 0 radical (unpaired) electrons. The van der Waals surface area contributed by atoms with E-state index in [1.54, 1.807) is 12.3 Å². The molecule has 1 aromatic heterocycles. The van der Waals surface area contributed by atoms with Crippen molar-refractivity contribution in [2.45, 2.75) is 33.2 Å². The number of nitrogens with two attached hydrogens (primary N) is 1. The Morgan fingerprint density at radius 3 is 2.67 bits per heavy atom. The highest BCUT2D eigenvalue weighted by Gasteiger charge is 2.19. The second-order valence-electron chi connectivity index (χ2n) is 3.70. The molecule has 4 heteroatoms. The first kappa shape index (κ1) is 11.6. The monoisotopic (exact) mass is 209 g/mol. The van der Waals surface area contributed by atoms with Gasteiger partial charge < -0.3 is 15.6 Å².